The van der Waals surface area contributed by atoms with Crippen LogP contribution in [0.4, 0.5) is 0 Å². The number of allylic oxidation sites excluding steroid dienone is 2. The van der Waals surface area contributed by atoms with E-state index < -0.39 is 148 Å². The number of aliphatic hydroxyl groups excluding tert-OH is 11. The second-order valence-electron chi connectivity index (χ2n) is 29.6. The van der Waals surface area contributed by atoms with Gasteiger partial charge in [-0.2, -0.15) is 0 Å². The number of hydrogen-bond acceptors (Lipinski definition) is 20. The fraction of sp³-hybridized carbons (Fsp3) is 0.936. The predicted molar refractivity (Wildman–Crippen MR) is 389 cm³/mol. The van der Waals surface area contributed by atoms with Gasteiger partial charge < -0.3 is 100 Å². The molecule has 18 unspecified atom stereocenters. The molecule has 3 fully saturated rings. The first-order valence-corrected chi connectivity index (χ1v) is 40.5. The standard InChI is InChI=1S/C78H146N2O21/c1-4-6-8-10-12-14-16-18-20-22-23-24-25-26-27-28-29-30-31-32-33-34-35-36-38-40-42-44-46-48-50-52-65(88)80-59(60(85)51-49-47-45-43-41-39-37-21-19-17-15-13-11-9-7-5-2)57-96-75-70(92)69(91)72(64(56-83)98-75)99-76-71(93)74(68(90)63(55-82)97-76)101-78(77(94)95)53-61(86)66(79-58(3)84)73(100-78)67(89)62(87)54-81/h26-27,59-64,66-76,81-83,85-87,89-93H,4-25,28-57H2,1-3H3,(H,79,84)(H,80,88)(H,94,95)/b27-26-. The lowest BCUT2D eigenvalue weighted by Gasteiger charge is -2.50. The van der Waals surface area contributed by atoms with Crippen LogP contribution in [0.3, 0.4) is 0 Å². The van der Waals surface area contributed by atoms with Crippen LogP contribution in [0.5, 0.6) is 0 Å². The Morgan fingerprint density at radius 1 is 0.505 bits per heavy atom. The molecule has 0 aromatic heterocycles. The predicted octanol–water partition coefficient (Wildman–Crippen LogP) is 10.6. The van der Waals surface area contributed by atoms with E-state index in [-0.39, 0.29) is 18.9 Å². The average molecular weight is 1450 g/mol. The second kappa shape index (κ2) is 57.6. The van der Waals surface area contributed by atoms with Crippen molar-refractivity contribution >= 4 is 17.8 Å². The Hall–Kier alpha value is -2.53. The molecule has 23 nitrogen and oxygen atoms in total. The van der Waals surface area contributed by atoms with Crippen molar-refractivity contribution in [2.75, 3.05) is 26.4 Å². The van der Waals surface area contributed by atoms with E-state index in [0.717, 1.165) is 58.3 Å². The number of amides is 2. The van der Waals surface area contributed by atoms with Crippen LogP contribution >= 0.6 is 0 Å². The first kappa shape index (κ1) is 92.7. The molecule has 2 amide bonds. The van der Waals surface area contributed by atoms with Crippen molar-refractivity contribution in [2.45, 2.75) is 439 Å². The third-order valence-electron chi connectivity index (χ3n) is 20.7. The molecule has 101 heavy (non-hydrogen) atoms. The molecule has 594 valence electrons. The molecule has 3 heterocycles. The summed E-state index contributed by atoms with van der Waals surface area (Å²) in [6.07, 6.45) is 32.2. The number of ether oxygens (including phenoxy) is 6. The van der Waals surface area contributed by atoms with E-state index in [1.54, 1.807) is 0 Å². The summed E-state index contributed by atoms with van der Waals surface area (Å²) in [6, 6.07) is -2.53. The van der Waals surface area contributed by atoms with Crippen molar-refractivity contribution in [1.82, 2.24) is 10.6 Å². The largest absolute Gasteiger partial charge is 0.477 e. The number of carbonyl (C=O) groups is 3. The molecule has 23 heteroatoms. The highest BCUT2D eigenvalue weighted by atomic mass is 16.8. The van der Waals surface area contributed by atoms with Crippen LogP contribution in [0.2, 0.25) is 0 Å². The molecule has 3 rings (SSSR count). The third-order valence-corrected chi connectivity index (χ3v) is 20.7. The maximum absolute atomic E-state index is 13.5. The molecular weight excluding hydrogens is 1300 g/mol. The summed E-state index contributed by atoms with van der Waals surface area (Å²) >= 11 is 0. The Morgan fingerprint density at radius 2 is 0.921 bits per heavy atom. The normalized spacial score (nSPS) is 26.8. The van der Waals surface area contributed by atoms with Crippen LogP contribution in [0.25, 0.3) is 0 Å². The van der Waals surface area contributed by atoms with Gasteiger partial charge in [0.2, 0.25) is 11.8 Å². The van der Waals surface area contributed by atoms with E-state index in [2.05, 4.69) is 36.6 Å². The summed E-state index contributed by atoms with van der Waals surface area (Å²) in [5, 5.41) is 136. The number of unbranched alkanes of at least 4 members (excludes halogenated alkanes) is 42. The molecule has 0 bridgehead atoms. The molecule has 3 aliphatic heterocycles. The van der Waals surface area contributed by atoms with Crippen LogP contribution in [0.1, 0.15) is 329 Å². The highest BCUT2D eigenvalue weighted by Gasteiger charge is 2.60. The molecule has 0 aromatic rings. The fourth-order valence-electron chi connectivity index (χ4n) is 14.3. The molecule has 0 spiro atoms. The Kier molecular flexibility index (Phi) is 52.9. The zero-order chi connectivity index (χ0) is 73.9. The van der Waals surface area contributed by atoms with E-state index in [0.29, 0.717) is 19.3 Å². The van der Waals surface area contributed by atoms with Crippen molar-refractivity contribution in [3.8, 4) is 0 Å². The summed E-state index contributed by atoms with van der Waals surface area (Å²) in [5.41, 5.74) is 0. The highest BCUT2D eigenvalue weighted by molar-refractivity contribution is 5.77. The van der Waals surface area contributed by atoms with Gasteiger partial charge in [0, 0.05) is 19.8 Å². The number of hydrogen-bond donors (Lipinski definition) is 14. The molecule has 0 aromatic carbocycles. The molecule has 0 saturated carbocycles. The summed E-state index contributed by atoms with van der Waals surface area (Å²) in [5.74, 6) is -6.09. The van der Waals surface area contributed by atoms with Crippen LogP contribution in [0, 0.1) is 0 Å². The summed E-state index contributed by atoms with van der Waals surface area (Å²) in [7, 11) is 0. The van der Waals surface area contributed by atoms with E-state index in [1.165, 1.54) is 225 Å². The van der Waals surface area contributed by atoms with Gasteiger partial charge in [0.15, 0.2) is 12.6 Å². The number of carboxylic acid groups (broad SMARTS) is 1. The summed E-state index contributed by atoms with van der Waals surface area (Å²) in [6.45, 7) is 2.25. The monoisotopic (exact) mass is 1450 g/mol. The molecule has 14 N–H and O–H groups in total. The van der Waals surface area contributed by atoms with Crippen molar-refractivity contribution in [3.05, 3.63) is 12.2 Å². The van der Waals surface area contributed by atoms with Gasteiger partial charge in [0.1, 0.15) is 67.1 Å². The summed E-state index contributed by atoms with van der Waals surface area (Å²) < 4.78 is 35.0. The van der Waals surface area contributed by atoms with Crippen LogP contribution in [0.15, 0.2) is 12.2 Å². The van der Waals surface area contributed by atoms with E-state index in [9.17, 15) is 75.7 Å². The van der Waals surface area contributed by atoms with Crippen LogP contribution in [-0.4, -0.2) is 215 Å². The minimum Gasteiger partial charge on any atom is -0.477 e. The maximum atomic E-state index is 13.5. The first-order valence-electron chi connectivity index (χ1n) is 40.5. The van der Waals surface area contributed by atoms with Gasteiger partial charge in [-0.15, -0.1) is 0 Å². The lowest BCUT2D eigenvalue weighted by molar-refractivity contribution is -0.386. The van der Waals surface area contributed by atoms with Gasteiger partial charge in [-0.1, -0.05) is 283 Å². The van der Waals surface area contributed by atoms with Gasteiger partial charge in [-0.3, -0.25) is 9.59 Å². The van der Waals surface area contributed by atoms with Crippen molar-refractivity contribution in [2.24, 2.45) is 0 Å². The Labute approximate surface area is 607 Å². The van der Waals surface area contributed by atoms with E-state index >= 15 is 0 Å². The third kappa shape index (κ3) is 38.2. The lowest BCUT2D eigenvalue weighted by atomic mass is 9.88. The first-order chi connectivity index (χ1) is 48.9. The second-order valence-corrected chi connectivity index (χ2v) is 29.6. The Balaban J connectivity index is 1.47. The number of rotatable bonds is 64. The minimum atomic E-state index is -3.08. The lowest BCUT2D eigenvalue weighted by Crippen LogP contribution is -2.70. The summed E-state index contributed by atoms with van der Waals surface area (Å²) in [4.78, 5) is 38.7. The Morgan fingerprint density at radius 3 is 1.34 bits per heavy atom. The van der Waals surface area contributed by atoms with E-state index in [4.69, 9.17) is 28.4 Å². The van der Waals surface area contributed by atoms with Gasteiger partial charge in [-0.05, 0) is 38.5 Å². The number of aliphatic hydroxyl groups is 11. The molecule has 3 aliphatic rings. The number of nitrogens with one attached hydrogen (secondary N) is 2. The van der Waals surface area contributed by atoms with Crippen molar-refractivity contribution < 1.29 is 104 Å². The fourth-order valence-corrected chi connectivity index (χ4v) is 14.3. The molecule has 18 atom stereocenters. The van der Waals surface area contributed by atoms with Gasteiger partial charge in [-0.25, -0.2) is 4.79 Å². The van der Waals surface area contributed by atoms with Crippen molar-refractivity contribution in [3.63, 3.8) is 0 Å². The zero-order valence-corrected chi connectivity index (χ0v) is 62.8. The minimum absolute atomic E-state index is 0.227. The van der Waals surface area contributed by atoms with Crippen LogP contribution < -0.4 is 10.6 Å². The topological polar surface area (TPSA) is 373 Å². The van der Waals surface area contributed by atoms with Crippen LogP contribution in [-0.2, 0) is 42.8 Å². The van der Waals surface area contributed by atoms with Gasteiger partial charge in [0.05, 0.1) is 50.7 Å². The molecule has 0 radical (unpaired) electrons. The zero-order valence-electron chi connectivity index (χ0n) is 62.8. The molecule has 3 saturated heterocycles. The van der Waals surface area contributed by atoms with Crippen molar-refractivity contribution in [1.29, 1.82) is 0 Å². The van der Waals surface area contributed by atoms with Gasteiger partial charge >= 0.3 is 5.97 Å². The number of carbonyl (C=O) groups excluding carboxylic acids is 2. The molecule has 0 aliphatic carbocycles. The van der Waals surface area contributed by atoms with Gasteiger partial charge in [0.25, 0.3) is 5.79 Å². The SMILES string of the molecule is CCCCCCCCCCCCCC/C=C\CCCCCCCCCCCCCCCCCC(=O)NC(COC1OC(CO)C(OC2OC(CO)C(O)C(OC3(C(=O)O)CC(O)C(NC(C)=O)C(C(O)C(O)CO)O3)C2O)C(O)C1O)C(O)CCCCCCCCCCCCCCCCCC. The average Bonchev–Trinajstić information content (AvgIpc) is 0.756. The van der Waals surface area contributed by atoms with E-state index in [1.807, 2.05) is 0 Å². The quantitative estimate of drug-likeness (QED) is 0.0199. The number of carboxylic acids is 1. The maximum Gasteiger partial charge on any atom is 0.364 e. The molecular formula is C78H146N2O21. The number of aliphatic carboxylic acids is 1. The Bertz CT molecular complexity index is 2070. The smallest absolute Gasteiger partial charge is 0.364 e. The highest BCUT2D eigenvalue weighted by Crippen LogP contribution is 2.39.